The summed E-state index contributed by atoms with van der Waals surface area (Å²) in [6.07, 6.45) is 3.11. The van der Waals surface area contributed by atoms with Crippen LogP contribution >= 0.6 is 11.3 Å². The van der Waals surface area contributed by atoms with E-state index in [4.69, 9.17) is 0 Å². The number of nitrogens with zero attached hydrogens (tertiary/aromatic N) is 1. The number of amides is 2. The van der Waals surface area contributed by atoms with Gasteiger partial charge in [-0.3, -0.25) is 9.59 Å². The van der Waals surface area contributed by atoms with Gasteiger partial charge in [-0.15, -0.1) is 11.3 Å². The lowest BCUT2D eigenvalue weighted by Crippen LogP contribution is -2.08. The largest absolute Gasteiger partial charge is 0.326 e. The van der Waals surface area contributed by atoms with Crippen molar-refractivity contribution in [1.29, 1.82) is 0 Å². The van der Waals surface area contributed by atoms with Crippen molar-refractivity contribution in [3.05, 3.63) is 46.4 Å². The maximum Gasteiger partial charge on any atom is 0.248 e. The topological polar surface area (TPSA) is 71.1 Å². The number of hydrogen-bond acceptors (Lipinski definition) is 4. The molecule has 2 amide bonds. The maximum atomic E-state index is 11.8. The fourth-order valence-electron chi connectivity index (χ4n) is 1.64. The number of benzene rings is 1. The lowest BCUT2D eigenvalue weighted by atomic mass is 10.2. The van der Waals surface area contributed by atoms with E-state index in [1.807, 2.05) is 12.3 Å². The van der Waals surface area contributed by atoms with Gasteiger partial charge in [0.15, 0.2) is 0 Å². The third-order valence-electron chi connectivity index (χ3n) is 2.52. The number of aryl methyl sites for hydroxylation is 1. The summed E-state index contributed by atoms with van der Waals surface area (Å²) < 4.78 is 0. The van der Waals surface area contributed by atoms with Gasteiger partial charge in [-0.2, -0.15) is 0 Å². The van der Waals surface area contributed by atoms with Crippen LogP contribution in [0.2, 0.25) is 0 Å². The summed E-state index contributed by atoms with van der Waals surface area (Å²) in [6.45, 7) is 3.36. The Morgan fingerprint density at radius 1 is 1.14 bits per heavy atom. The molecule has 2 N–H and O–H groups in total. The van der Waals surface area contributed by atoms with Gasteiger partial charge in [0, 0.05) is 29.8 Å². The van der Waals surface area contributed by atoms with Gasteiger partial charge in [0.2, 0.25) is 11.8 Å². The molecule has 2 rings (SSSR count). The first kappa shape index (κ1) is 14.9. The third kappa shape index (κ3) is 4.85. The van der Waals surface area contributed by atoms with Gasteiger partial charge >= 0.3 is 0 Å². The highest BCUT2D eigenvalue weighted by Crippen LogP contribution is 2.14. The van der Waals surface area contributed by atoms with Crippen LogP contribution in [0.15, 0.2) is 35.7 Å². The van der Waals surface area contributed by atoms with E-state index in [1.165, 1.54) is 24.3 Å². The highest BCUT2D eigenvalue weighted by molar-refractivity contribution is 7.09. The summed E-state index contributed by atoms with van der Waals surface area (Å²) >= 11 is 1.54. The summed E-state index contributed by atoms with van der Waals surface area (Å²) in [6, 6.07) is 6.91. The normalized spacial score (nSPS) is 10.6. The number of anilines is 2. The number of aromatic nitrogens is 1. The van der Waals surface area contributed by atoms with E-state index < -0.39 is 0 Å². The molecule has 0 saturated heterocycles. The van der Waals surface area contributed by atoms with Gasteiger partial charge in [0.05, 0.1) is 10.7 Å². The first-order valence-corrected chi connectivity index (χ1v) is 7.20. The predicted octanol–water partition coefficient (Wildman–Crippen LogP) is 3.06. The monoisotopic (exact) mass is 301 g/mol. The zero-order chi connectivity index (χ0) is 15.2. The Morgan fingerprint density at radius 3 is 2.29 bits per heavy atom. The van der Waals surface area contributed by atoms with Gasteiger partial charge in [-0.1, -0.05) is 0 Å². The summed E-state index contributed by atoms with van der Waals surface area (Å²) in [7, 11) is 0. The minimum atomic E-state index is -0.229. The average molecular weight is 301 g/mol. The van der Waals surface area contributed by atoms with E-state index in [1.54, 1.807) is 30.3 Å². The summed E-state index contributed by atoms with van der Waals surface area (Å²) in [5.41, 5.74) is 2.12. The van der Waals surface area contributed by atoms with Crippen molar-refractivity contribution < 1.29 is 9.59 Å². The van der Waals surface area contributed by atoms with Crippen LogP contribution in [0.5, 0.6) is 0 Å². The first-order valence-electron chi connectivity index (χ1n) is 6.32. The molecule has 2 aromatic rings. The molecule has 0 fully saturated rings. The van der Waals surface area contributed by atoms with Crippen molar-refractivity contribution >= 4 is 40.6 Å². The molecule has 108 valence electrons. The molecule has 0 aliphatic rings. The fourth-order valence-corrected chi connectivity index (χ4v) is 2.22. The molecule has 1 aromatic carbocycles. The summed E-state index contributed by atoms with van der Waals surface area (Å²) in [5, 5.41) is 8.25. The van der Waals surface area contributed by atoms with Gasteiger partial charge < -0.3 is 10.6 Å². The number of hydrogen-bond donors (Lipinski definition) is 2. The maximum absolute atomic E-state index is 11.8. The van der Waals surface area contributed by atoms with E-state index in [-0.39, 0.29) is 11.8 Å². The standard InChI is InChI=1S/C15H15N3O2S/c1-10(19)16-12-3-5-13(6-4-12)18-15(20)8-7-14-9-21-11(2)17-14/h3-9H,1-2H3,(H,16,19)(H,18,20)/b8-7+. The van der Waals surface area contributed by atoms with Gasteiger partial charge in [0.1, 0.15) is 0 Å². The molecule has 0 unspecified atom stereocenters. The number of carbonyl (C=O) groups excluding carboxylic acids is 2. The predicted molar refractivity (Wildman–Crippen MR) is 85.3 cm³/mol. The Bertz CT molecular complexity index is 674. The van der Waals surface area contributed by atoms with Crippen molar-refractivity contribution in [2.75, 3.05) is 10.6 Å². The molecule has 0 radical (unpaired) electrons. The third-order valence-corrected chi connectivity index (χ3v) is 3.31. The molecule has 21 heavy (non-hydrogen) atoms. The lowest BCUT2D eigenvalue weighted by molar-refractivity contribution is -0.114. The van der Waals surface area contributed by atoms with E-state index in [0.29, 0.717) is 11.4 Å². The molecular formula is C15H15N3O2S. The van der Waals surface area contributed by atoms with Gasteiger partial charge in [0.25, 0.3) is 0 Å². The molecule has 1 heterocycles. The minimum absolute atomic E-state index is 0.131. The number of carbonyl (C=O) groups is 2. The van der Waals surface area contributed by atoms with Crippen molar-refractivity contribution in [2.24, 2.45) is 0 Å². The van der Waals surface area contributed by atoms with E-state index in [0.717, 1.165) is 10.7 Å². The van der Waals surface area contributed by atoms with Crippen LogP contribution in [0.3, 0.4) is 0 Å². The molecule has 0 aliphatic carbocycles. The fraction of sp³-hybridized carbons (Fsp3) is 0.133. The Balaban J connectivity index is 1.93. The molecule has 0 aliphatic heterocycles. The molecule has 0 spiro atoms. The summed E-state index contributed by atoms with van der Waals surface area (Å²) in [4.78, 5) is 26.9. The molecule has 6 heteroatoms. The van der Waals surface area contributed by atoms with Gasteiger partial charge in [-0.05, 0) is 37.3 Å². The molecule has 0 atom stereocenters. The highest BCUT2D eigenvalue weighted by Gasteiger charge is 2.00. The number of nitrogens with one attached hydrogen (secondary N) is 2. The lowest BCUT2D eigenvalue weighted by Gasteiger charge is -2.04. The first-order chi connectivity index (χ1) is 10.0. The van der Waals surface area contributed by atoms with Crippen LogP contribution in [0.1, 0.15) is 17.6 Å². The van der Waals surface area contributed by atoms with Crippen LogP contribution in [-0.4, -0.2) is 16.8 Å². The number of rotatable bonds is 4. The molecule has 5 nitrogen and oxygen atoms in total. The highest BCUT2D eigenvalue weighted by atomic mass is 32.1. The van der Waals surface area contributed by atoms with Crippen molar-refractivity contribution in [3.8, 4) is 0 Å². The van der Waals surface area contributed by atoms with E-state index >= 15 is 0 Å². The van der Waals surface area contributed by atoms with Crippen LogP contribution in [0.4, 0.5) is 11.4 Å². The zero-order valence-corrected chi connectivity index (χ0v) is 12.5. The SMILES string of the molecule is CC(=O)Nc1ccc(NC(=O)/C=C/c2csc(C)n2)cc1. The van der Waals surface area contributed by atoms with Crippen molar-refractivity contribution in [2.45, 2.75) is 13.8 Å². The van der Waals surface area contributed by atoms with E-state index in [9.17, 15) is 9.59 Å². The average Bonchev–Trinajstić information content (AvgIpc) is 2.84. The molecule has 0 saturated carbocycles. The second-order valence-electron chi connectivity index (χ2n) is 4.37. The second-order valence-corrected chi connectivity index (χ2v) is 5.43. The Morgan fingerprint density at radius 2 is 1.76 bits per heavy atom. The Hall–Kier alpha value is -2.47. The van der Waals surface area contributed by atoms with Crippen LogP contribution < -0.4 is 10.6 Å². The van der Waals surface area contributed by atoms with E-state index in [2.05, 4.69) is 15.6 Å². The Labute approximate surface area is 126 Å². The molecular weight excluding hydrogens is 286 g/mol. The second kappa shape index (κ2) is 6.81. The van der Waals surface area contributed by atoms with Crippen molar-refractivity contribution in [1.82, 2.24) is 4.98 Å². The molecule has 1 aromatic heterocycles. The van der Waals surface area contributed by atoms with Crippen molar-refractivity contribution in [3.63, 3.8) is 0 Å². The number of thiazole rings is 1. The smallest absolute Gasteiger partial charge is 0.248 e. The minimum Gasteiger partial charge on any atom is -0.326 e. The van der Waals surface area contributed by atoms with Gasteiger partial charge in [-0.25, -0.2) is 4.98 Å². The zero-order valence-electron chi connectivity index (χ0n) is 11.7. The van der Waals surface area contributed by atoms with Crippen LogP contribution in [-0.2, 0) is 9.59 Å². The summed E-state index contributed by atoms with van der Waals surface area (Å²) in [5.74, 6) is -0.360. The molecule has 0 bridgehead atoms. The van der Waals surface area contributed by atoms with Crippen LogP contribution in [0.25, 0.3) is 6.08 Å². The van der Waals surface area contributed by atoms with Crippen LogP contribution in [0, 0.1) is 6.92 Å². The quantitative estimate of drug-likeness (QED) is 0.853. The Kier molecular flexibility index (Phi) is 4.84.